The number of fused-ring (bicyclic) bond motifs is 2. The van der Waals surface area contributed by atoms with E-state index in [0.29, 0.717) is 36.2 Å². The number of benzene rings is 3. The van der Waals surface area contributed by atoms with Gasteiger partial charge in [0.05, 0.1) is 17.4 Å². The Morgan fingerprint density at radius 1 is 0.846 bits per heavy atom. The number of hydrogen-bond acceptors (Lipinski definition) is 3. The van der Waals surface area contributed by atoms with Crippen LogP contribution in [0, 0.1) is 5.82 Å². The van der Waals surface area contributed by atoms with Crippen molar-refractivity contribution in [1.82, 2.24) is 14.7 Å². The summed E-state index contributed by atoms with van der Waals surface area (Å²) in [4.78, 5) is 46.5. The maximum absolute atomic E-state index is 14.3. The third kappa shape index (κ3) is 5.16. The first-order valence-electron chi connectivity index (χ1n) is 13.1. The van der Waals surface area contributed by atoms with E-state index in [0.717, 1.165) is 0 Å². The summed E-state index contributed by atoms with van der Waals surface area (Å²) in [6.07, 6.45) is 1.56. The van der Waals surface area contributed by atoms with Gasteiger partial charge in [-0.3, -0.25) is 4.90 Å². The summed E-state index contributed by atoms with van der Waals surface area (Å²) in [5, 5.41) is 10.4. The molecule has 0 radical (unpaired) electrons. The number of hydrogen-bond donors (Lipinski definition) is 1. The van der Waals surface area contributed by atoms with Crippen molar-refractivity contribution in [2.45, 2.75) is 43.9 Å². The predicted octanol–water partition coefficient (Wildman–Crippen LogP) is 5.33. The molecular weight excluding hydrogens is 499 g/mol. The maximum atomic E-state index is 14.3. The van der Waals surface area contributed by atoms with Crippen molar-refractivity contribution in [3.8, 4) is 0 Å². The molecule has 9 heteroatoms. The summed E-state index contributed by atoms with van der Waals surface area (Å²) >= 11 is 0. The predicted molar refractivity (Wildman–Crippen MR) is 145 cm³/mol. The molecule has 2 saturated heterocycles. The van der Waals surface area contributed by atoms with Gasteiger partial charge in [-0.2, -0.15) is 0 Å². The second-order valence-corrected chi connectivity index (χ2v) is 9.99. The van der Waals surface area contributed by atoms with Crippen LogP contribution in [0.15, 0.2) is 84.9 Å². The van der Waals surface area contributed by atoms with Crippen LogP contribution in [0.3, 0.4) is 0 Å². The first-order chi connectivity index (χ1) is 18.9. The molecule has 2 heterocycles. The molecule has 3 aromatic carbocycles. The number of halogens is 1. The molecule has 2 fully saturated rings. The average molecular weight is 531 g/mol. The Bertz CT molecular complexity index is 1300. The number of carboxylic acids is 1. The SMILES string of the molecule is CN(Cc1ccccc1F)C(=O)N1[C@H]2CC[C@@H]1[C@@H](C(=O)O)N(C(=O)N(c1ccccc1)c1ccccc1)CC2. The van der Waals surface area contributed by atoms with Crippen molar-refractivity contribution in [1.29, 1.82) is 0 Å². The van der Waals surface area contributed by atoms with Crippen molar-refractivity contribution >= 4 is 29.4 Å². The van der Waals surface area contributed by atoms with Crippen LogP contribution in [0.5, 0.6) is 0 Å². The van der Waals surface area contributed by atoms with Gasteiger partial charge in [-0.15, -0.1) is 0 Å². The lowest BCUT2D eigenvalue weighted by Gasteiger charge is -2.38. The normalized spacial score (nSPS) is 20.3. The van der Waals surface area contributed by atoms with E-state index in [1.807, 2.05) is 36.4 Å². The van der Waals surface area contributed by atoms with E-state index in [9.17, 15) is 23.9 Å². The topological polar surface area (TPSA) is 84.4 Å². The second-order valence-electron chi connectivity index (χ2n) is 9.99. The number of rotatable bonds is 5. The van der Waals surface area contributed by atoms with Crippen LogP contribution in [-0.2, 0) is 11.3 Å². The first-order valence-corrected chi connectivity index (χ1v) is 13.1. The molecule has 5 rings (SSSR count). The number of urea groups is 2. The molecule has 8 nitrogen and oxygen atoms in total. The number of carbonyl (C=O) groups is 3. The number of carboxylic acid groups (broad SMARTS) is 1. The lowest BCUT2D eigenvalue weighted by molar-refractivity contribution is -0.143. The number of likely N-dealkylation sites (tertiary alicyclic amines) is 1. The number of amides is 4. The first kappa shape index (κ1) is 26.2. The fourth-order valence-corrected chi connectivity index (χ4v) is 5.75. The zero-order valence-corrected chi connectivity index (χ0v) is 21.7. The van der Waals surface area contributed by atoms with Gasteiger partial charge in [0.2, 0.25) is 0 Å². The molecule has 2 bridgehead atoms. The molecule has 2 aliphatic rings. The minimum Gasteiger partial charge on any atom is -0.480 e. The lowest BCUT2D eigenvalue weighted by atomic mass is 10.0. The number of anilines is 2. The molecular formula is C30H31FN4O4. The van der Waals surface area contributed by atoms with Gasteiger partial charge in [-0.25, -0.2) is 18.8 Å². The molecule has 2 aliphatic heterocycles. The Hall–Kier alpha value is -4.40. The van der Waals surface area contributed by atoms with Crippen LogP contribution in [0.4, 0.5) is 25.4 Å². The van der Waals surface area contributed by atoms with E-state index in [1.165, 1.54) is 20.8 Å². The van der Waals surface area contributed by atoms with Crippen molar-refractivity contribution in [2.75, 3.05) is 18.5 Å². The van der Waals surface area contributed by atoms with Crippen LogP contribution in [0.1, 0.15) is 24.8 Å². The van der Waals surface area contributed by atoms with Crippen LogP contribution in [0.25, 0.3) is 0 Å². The van der Waals surface area contributed by atoms with Gasteiger partial charge in [0, 0.05) is 31.7 Å². The molecule has 202 valence electrons. The maximum Gasteiger partial charge on any atom is 0.329 e. The Balaban J connectivity index is 1.45. The van der Waals surface area contributed by atoms with E-state index in [4.69, 9.17) is 0 Å². The van der Waals surface area contributed by atoms with Gasteiger partial charge in [-0.05, 0) is 49.6 Å². The summed E-state index contributed by atoms with van der Waals surface area (Å²) in [5.74, 6) is -1.57. The molecule has 0 aliphatic carbocycles. The molecule has 3 aromatic rings. The molecule has 4 amide bonds. The summed E-state index contributed by atoms with van der Waals surface area (Å²) in [6, 6.07) is 21.5. The van der Waals surface area contributed by atoms with Gasteiger partial charge < -0.3 is 19.8 Å². The quantitative estimate of drug-likeness (QED) is 0.484. The average Bonchev–Trinajstić information content (AvgIpc) is 3.26. The molecule has 3 atom stereocenters. The van der Waals surface area contributed by atoms with Gasteiger partial charge in [0.1, 0.15) is 5.82 Å². The molecule has 0 saturated carbocycles. The van der Waals surface area contributed by atoms with Gasteiger partial charge >= 0.3 is 18.0 Å². The fraction of sp³-hybridized carbons (Fsp3) is 0.300. The Morgan fingerprint density at radius 3 is 2.03 bits per heavy atom. The van der Waals surface area contributed by atoms with Crippen LogP contribution < -0.4 is 4.90 Å². The van der Waals surface area contributed by atoms with Crippen molar-refractivity contribution in [3.63, 3.8) is 0 Å². The van der Waals surface area contributed by atoms with Crippen molar-refractivity contribution in [2.24, 2.45) is 0 Å². The minimum atomic E-state index is -1.23. The largest absolute Gasteiger partial charge is 0.480 e. The molecule has 39 heavy (non-hydrogen) atoms. The zero-order chi connectivity index (χ0) is 27.5. The highest BCUT2D eigenvalue weighted by molar-refractivity contribution is 6.01. The van der Waals surface area contributed by atoms with Crippen molar-refractivity contribution < 1.29 is 23.9 Å². The number of para-hydroxylation sites is 2. The van der Waals surface area contributed by atoms with Crippen LogP contribution in [-0.4, -0.2) is 69.6 Å². The fourth-order valence-electron chi connectivity index (χ4n) is 5.75. The zero-order valence-electron chi connectivity index (χ0n) is 21.7. The summed E-state index contributed by atoms with van der Waals surface area (Å²) in [5.41, 5.74) is 1.61. The Morgan fingerprint density at radius 2 is 1.44 bits per heavy atom. The number of aliphatic carboxylic acids is 1. The highest BCUT2D eigenvalue weighted by Gasteiger charge is 2.51. The number of carbonyl (C=O) groups excluding carboxylic acids is 2. The van der Waals surface area contributed by atoms with Crippen molar-refractivity contribution in [3.05, 3.63) is 96.3 Å². The smallest absolute Gasteiger partial charge is 0.329 e. The Labute approximate surface area is 226 Å². The molecule has 0 aromatic heterocycles. The van der Waals surface area contributed by atoms with E-state index < -0.39 is 29.9 Å². The highest BCUT2D eigenvalue weighted by Crippen LogP contribution is 2.37. The lowest BCUT2D eigenvalue weighted by Crippen LogP contribution is -2.58. The van der Waals surface area contributed by atoms with Gasteiger partial charge in [0.15, 0.2) is 6.04 Å². The summed E-state index contributed by atoms with van der Waals surface area (Å²) < 4.78 is 14.3. The van der Waals surface area contributed by atoms with E-state index in [2.05, 4.69) is 0 Å². The monoisotopic (exact) mass is 530 g/mol. The van der Waals surface area contributed by atoms with Crippen LogP contribution >= 0.6 is 0 Å². The summed E-state index contributed by atoms with van der Waals surface area (Å²) in [6.45, 7) is 0.242. The molecule has 0 unspecified atom stereocenters. The standard InChI is InChI=1S/C30H31FN4O4/c1-32(20-21-10-8-9-15-25(21)31)29(38)35-24-16-17-26(35)27(28(36)37)33(19-18-24)30(39)34(22-11-4-2-5-12-22)23-13-6-3-7-14-23/h2-15,24,26-27H,16-20H2,1H3,(H,36,37)/t24-,26+,27-/m0/s1. The third-order valence-electron chi connectivity index (χ3n) is 7.58. The number of nitrogens with zero attached hydrogens (tertiary/aromatic N) is 4. The summed E-state index contributed by atoms with van der Waals surface area (Å²) in [7, 11) is 1.59. The second kappa shape index (κ2) is 11.1. The van der Waals surface area contributed by atoms with E-state index in [-0.39, 0.29) is 25.2 Å². The Kier molecular flexibility index (Phi) is 7.49. The van der Waals surface area contributed by atoms with Gasteiger partial charge in [0.25, 0.3) is 0 Å². The minimum absolute atomic E-state index is 0.0532. The van der Waals surface area contributed by atoms with Gasteiger partial charge in [-0.1, -0.05) is 54.6 Å². The molecule has 1 N–H and O–H groups in total. The third-order valence-corrected chi connectivity index (χ3v) is 7.58. The molecule has 0 spiro atoms. The highest BCUT2D eigenvalue weighted by atomic mass is 19.1. The van der Waals surface area contributed by atoms with Crippen LogP contribution in [0.2, 0.25) is 0 Å². The van der Waals surface area contributed by atoms with E-state index in [1.54, 1.807) is 54.4 Å². The van der Waals surface area contributed by atoms with E-state index >= 15 is 0 Å².